The van der Waals surface area contributed by atoms with Gasteiger partial charge in [-0.05, 0) is 49.3 Å². The van der Waals surface area contributed by atoms with Gasteiger partial charge in [0.15, 0.2) is 0 Å². The number of esters is 3. The van der Waals surface area contributed by atoms with Crippen molar-refractivity contribution in [2.24, 2.45) is 17.3 Å². The van der Waals surface area contributed by atoms with Crippen LogP contribution in [0.5, 0.6) is 5.75 Å². The molecule has 1 aromatic carbocycles. The maximum absolute atomic E-state index is 11.9. The molecule has 1 aromatic rings. The first-order chi connectivity index (χ1) is 17.2. The van der Waals surface area contributed by atoms with Crippen molar-refractivity contribution in [2.75, 3.05) is 26.4 Å². The van der Waals surface area contributed by atoms with E-state index in [0.29, 0.717) is 18.9 Å². The van der Waals surface area contributed by atoms with E-state index in [2.05, 4.69) is 6.58 Å². The van der Waals surface area contributed by atoms with Crippen LogP contribution in [-0.4, -0.2) is 50.6 Å². The van der Waals surface area contributed by atoms with E-state index in [1.807, 2.05) is 24.3 Å². The van der Waals surface area contributed by atoms with Gasteiger partial charge in [0.2, 0.25) is 0 Å². The molecule has 0 heterocycles. The van der Waals surface area contributed by atoms with Crippen molar-refractivity contribution in [1.82, 2.24) is 0 Å². The maximum Gasteiger partial charge on any atom is 0.330 e. The average Bonchev–Trinajstić information content (AvgIpc) is 2.89. The molecular formula is C28H38O8. The molecule has 1 aliphatic carbocycles. The molecule has 1 fully saturated rings. The first-order valence-electron chi connectivity index (χ1n) is 12.5. The Bertz CT molecular complexity index is 866. The van der Waals surface area contributed by atoms with E-state index >= 15 is 0 Å². The van der Waals surface area contributed by atoms with Gasteiger partial charge < -0.3 is 23.7 Å². The molecule has 0 atom stereocenters. The highest BCUT2D eigenvalue weighted by Crippen LogP contribution is 2.28. The van der Waals surface area contributed by atoms with Crippen molar-refractivity contribution < 1.29 is 38.1 Å². The van der Waals surface area contributed by atoms with Crippen LogP contribution < -0.4 is 4.74 Å². The minimum Gasteiger partial charge on any atom is -0.493 e. The predicted octanol–water partition coefficient (Wildman–Crippen LogP) is 4.24. The van der Waals surface area contributed by atoms with Gasteiger partial charge in [-0.3, -0.25) is 9.59 Å². The Hall–Kier alpha value is -3.16. The van der Waals surface area contributed by atoms with Crippen molar-refractivity contribution in [3.05, 3.63) is 42.5 Å². The Morgan fingerprint density at radius 3 is 2.17 bits per heavy atom. The highest BCUT2D eigenvalue weighted by molar-refractivity contribution is 5.81. The van der Waals surface area contributed by atoms with Gasteiger partial charge >= 0.3 is 17.9 Å². The molecule has 36 heavy (non-hydrogen) atoms. The number of ether oxygens (including phenoxy) is 4. The minimum atomic E-state index is -0.550. The molecule has 0 aliphatic heterocycles. The fourth-order valence-electron chi connectivity index (χ4n) is 3.73. The summed E-state index contributed by atoms with van der Waals surface area (Å²) in [5, 5.41) is 0. The van der Waals surface area contributed by atoms with Gasteiger partial charge in [0.05, 0.1) is 39.3 Å². The predicted molar refractivity (Wildman–Crippen MR) is 133 cm³/mol. The summed E-state index contributed by atoms with van der Waals surface area (Å²) in [4.78, 5) is 45.9. The van der Waals surface area contributed by atoms with Gasteiger partial charge in [0, 0.05) is 23.8 Å². The summed E-state index contributed by atoms with van der Waals surface area (Å²) >= 11 is 0. The molecular weight excluding hydrogens is 464 g/mol. The number of aldehydes is 1. The van der Waals surface area contributed by atoms with Gasteiger partial charge in [0.25, 0.3) is 0 Å². The zero-order valence-corrected chi connectivity index (χ0v) is 21.4. The lowest BCUT2D eigenvalue weighted by atomic mass is 9.83. The molecule has 8 nitrogen and oxygen atoms in total. The third kappa shape index (κ3) is 11.5. The number of carbonyl (C=O) groups is 4. The largest absolute Gasteiger partial charge is 0.493 e. The van der Waals surface area contributed by atoms with Crippen LogP contribution in [0.2, 0.25) is 0 Å². The van der Waals surface area contributed by atoms with E-state index in [-0.39, 0.29) is 38.6 Å². The Labute approximate surface area is 213 Å². The molecule has 1 saturated carbocycles. The van der Waals surface area contributed by atoms with Crippen LogP contribution in [0, 0.1) is 17.3 Å². The van der Waals surface area contributed by atoms with Crippen molar-refractivity contribution in [3.8, 4) is 5.75 Å². The summed E-state index contributed by atoms with van der Waals surface area (Å²) in [6, 6.07) is 7.70. The Morgan fingerprint density at radius 1 is 0.944 bits per heavy atom. The minimum absolute atomic E-state index is 0.0618. The van der Waals surface area contributed by atoms with Gasteiger partial charge in [0.1, 0.15) is 12.0 Å². The first-order valence-corrected chi connectivity index (χ1v) is 12.5. The SMILES string of the molecule is C=CC(=O)OCC(C)(C)COC(=O)CCC(=O)OCCc1ccc(OCC2CCC(C=O)CC2)cc1. The molecule has 0 radical (unpaired) electrons. The van der Waals surface area contributed by atoms with Crippen LogP contribution in [0.15, 0.2) is 36.9 Å². The fraction of sp³-hybridized carbons (Fsp3) is 0.571. The van der Waals surface area contributed by atoms with E-state index in [0.717, 1.165) is 49.4 Å². The van der Waals surface area contributed by atoms with Crippen LogP contribution in [0.1, 0.15) is 57.9 Å². The van der Waals surface area contributed by atoms with Crippen molar-refractivity contribution in [3.63, 3.8) is 0 Å². The van der Waals surface area contributed by atoms with Crippen LogP contribution in [0.25, 0.3) is 0 Å². The quantitative estimate of drug-likeness (QED) is 0.152. The second kappa shape index (κ2) is 15.1. The third-order valence-corrected chi connectivity index (χ3v) is 6.08. The summed E-state index contributed by atoms with van der Waals surface area (Å²) in [5.41, 5.74) is 0.465. The third-order valence-electron chi connectivity index (χ3n) is 6.08. The normalized spacial score (nSPS) is 17.5. The molecule has 198 valence electrons. The number of rotatable bonds is 15. The summed E-state index contributed by atoms with van der Waals surface area (Å²) in [7, 11) is 0. The highest BCUT2D eigenvalue weighted by Gasteiger charge is 2.23. The van der Waals surface area contributed by atoms with E-state index in [1.54, 1.807) is 13.8 Å². The van der Waals surface area contributed by atoms with E-state index in [9.17, 15) is 19.2 Å². The highest BCUT2D eigenvalue weighted by atomic mass is 16.6. The molecule has 0 N–H and O–H groups in total. The topological polar surface area (TPSA) is 105 Å². The van der Waals surface area contributed by atoms with Crippen LogP contribution >= 0.6 is 0 Å². The van der Waals surface area contributed by atoms with Gasteiger partial charge in [-0.2, -0.15) is 0 Å². The standard InChI is InChI=1S/C28H38O8/c1-4-25(30)35-19-28(2,3)20-36-27(32)14-13-26(31)33-16-15-21-9-11-24(12-10-21)34-18-23-7-5-22(17-29)6-8-23/h4,9-12,17,22-23H,1,5-8,13-16,18-20H2,2-3H3. The maximum atomic E-state index is 11.9. The van der Waals surface area contributed by atoms with Crippen LogP contribution in [0.3, 0.4) is 0 Å². The number of benzene rings is 1. The van der Waals surface area contributed by atoms with Crippen molar-refractivity contribution in [2.45, 2.75) is 58.8 Å². The molecule has 0 spiro atoms. The summed E-state index contributed by atoms with van der Waals surface area (Å²) in [6.45, 7) is 7.95. The molecule has 8 heteroatoms. The zero-order valence-electron chi connectivity index (χ0n) is 21.4. The van der Waals surface area contributed by atoms with Gasteiger partial charge in [-0.15, -0.1) is 0 Å². The second-order valence-corrected chi connectivity index (χ2v) is 9.98. The molecule has 0 amide bonds. The molecule has 0 aromatic heterocycles. The molecule has 0 saturated heterocycles. The number of hydrogen-bond acceptors (Lipinski definition) is 8. The van der Waals surface area contributed by atoms with E-state index in [4.69, 9.17) is 18.9 Å². The summed E-state index contributed by atoms with van der Waals surface area (Å²) < 4.78 is 21.3. The lowest BCUT2D eigenvalue weighted by Crippen LogP contribution is -2.28. The van der Waals surface area contributed by atoms with Gasteiger partial charge in [-0.25, -0.2) is 4.79 Å². The van der Waals surface area contributed by atoms with E-state index < -0.39 is 23.3 Å². The second-order valence-electron chi connectivity index (χ2n) is 9.98. The Kier molecular flexibility index (Phi) is 12.2. The lowest BCUT2D eigenvalue weighted by molar-refractivity contribution is -0.154. The van der Waals surface area contributed by atoms with Crippen LogP contribution in [0.4, 0.5) is 0 Å². The van der Waals surface area contributed by atoms with Gasteiger partial charge in [-0.1, -0.05) is 32.6 Å². The molecule has 1 aliphatic rings. The molecule has 2 rings (SSSR count). The first kappa shape index (κ1) is 29.1. The molecule has 0 bridgehead atoms. The van der Waals surface area contributed by atoms with Crippen molar-refractivity contribution >= 4 is 24.2 Å². The Morgan fingerprint density at radius 2 is 1.56 bits per heavy atom. The van der Waals surface area contributed by atoms with Crippen molar-refractivity contribution in [1.29, 1.82) is 0 Å². The van der Waals surface area contributed by atoms with E-state index in [1.165, 1.54) is 0 Å². The van der Waals surface area contributed by atoms with Crippen LogP contribution in [-0.2, 0) is 39.8 Å². The number of hydrogen-bond donors (Lipinski definition) is 0. The average molecular weight is 503 g/mol. The number of carbonyl (C=O) groups excluding carboxylic acids is 4. The monoisotopic (exact) mass is 502 g/mol. The Balaban J connectivity index is 1.57. The summed E-state index contributed by atoms with van der Waals surface area (Å²) in [6.07, 6.45) is 6.50. The fourth-order valence-corrected chi connectivity index (χ4v) is 3.73. The lowest BCUT2D eigenvalue weighted by Gasteiger charge is -2.25. The molecule has 0 unspecified atom stereocenters. The summed E-state index contributed by atoms with van der Waals surface area (Å²) in [5.74, 6) is -0.00724. The smallest absolute Gasteiger partial charge is 0.330 e. The zero-order chi connectivity index (χ0) is 26.4.